The van der Waals surface area contributed by atoms with E-state index in [0.29, 0.717) is 12.6 Å². The van der Waals surface area contributed by atoms with Crippen LogP contribution < -0.4 is 5.32 Å². The summed E-state index contributed by atoms with van der Waals surface area (Å²) in [7, 11) is 0. The number of carbonyl (C=O) groups excluding carboxylic acids is 1. The molecule has 8 rings (SSSR count). The lowest BCUT2D eigenvalue weighted by Crippen LogP contribution is -2.58. The lowest BCUT2D eigenvalue weighted by Gasteiger charge is -2.57. The van der Waals surface area contributed by atoms with E-state index in [4.69, 9.17) is 14.5 Å². The van der Waals surface area contributed by atoms with Crippen LogP contribution in [0.4, 0.5) is 0 Å². The molecular formula is C35H36N4O3. The fourth-order valence-electron chi connectivity index (χ4n) is 7.33. The summed E-state index contributed by atoms with van der Waals surface area (Å²) in [6.45, 7) is 2.58. The molecule has 1 saturated heterocycles. The molecule has 2 aliphatic carbocycles. The second kappa shape index (κ2) is 9.75. The monoisotopic (exact) mass is 560 g/mol. The molecule has 7 nitrogen and oxygen atoms in total. The van der Waals surface area contributed by atoms with E-state index in [-0.39, 0.29) is 24.8 Å². The van der Waals surface area contributed by atoms with Crippen LogP contribution in [0, 0.1) is 11.3 Å². The van der Waals surface area contributed by atoms with Crippen molar-refractivity contribution in [3.8, 4) is 0 Å². The molecular weight excluding hydrogens is 524 g/mol. The van der Waals surface area contributed by atoms with Gasteiger partial charge in [0.2, 0.25) is 0 Å². The molecule has 2 atom stereocenters. The topological polar surface area (TPSA) is 81.0 Å². The summed E-state index contributed by atoms with van der Waals surface area (Å²) in [6, 6.07) is 25.0. The molecule has 1 unspecified atom stereocenters. The third-order valence-electron chi connectivity index (χ3n) is 9.60. The number of pyridine rings is 2. The predicted octanol–water partition coefficient (Wildman–Crippen LogP) is 6.36. The molecule has 1 aliphatic heterocycles. The van der Waals surface area contributed by atoms with E-state index in [9.17, 15) is 4.79 Å². The molecule has 3 fully saturated rings. The normalized spacial score (nSPS) is 27.0. The van der Waals surface area contributed by atoms with Crippen molar-refractivity contribution < 1.29 is 15.7 Å². The summed E-state index contributed by atoms with van der Waals surface area (Å²) < 4.78 is 13.9. The SMILES string of the molecule is C[C@H](OC(=O)C1CC2(CC(NC3(c4cnn5cccc(Cc6cc7ccccc7cn6)c45)CO3)C2)C1)c1ccccc1.[HH]. The highest BCUT2D eigenvalue weighted by molar-refractivity contribution is 5.82. The van der Waals surface area contributed by atoms with E-state index in [0.717, 1.165) is 59.8 Å². The Morgan fingerprint density at radius 3 is 2.60 bits per heavy atom. The minimum atomic E-state index is -0.506. The number of rotatable bonds is 8. The zero-order valence-electron chi connectivity index (χ0n) is 23.7. The first kappa shape index (κ1) is 25.6. The quantitative estimate of drug-likeness (QED) is 0.176. The van der Waals surface area contributed by atoms with E-state index in [1.165, 1.54) is 10.9 Å². The zero-order valence-corrected chi connectivity index (χ0v) is 23.7. The van der Waals surface area contributed by atoms with Gasteiger partial charge in [0.25, 0.3) is 0 Å². The number of hydrogen-bond acceptors (Lipinski definition) is 6. The third-order valence-corrected chi connectivity index (χ3v) is 9.60. The van der Waals surface area contributed by atoms with Crippen LogP contribution in [0.1, 0.15) is 62.5 Å². The summed E-state index contributed by atoms with van der Waals surface area (Å²) in [5.41, 5.74) is 5.17. The van der Waals surface area contributed by atoms with Crippen molar-refractivity contribution in [2.24, 2.45) is 11.3 Å². The second-order valence-corrected chi connectivity index (χ2v) is 12.5. The van der Waals surface area contributed by atoms with Gasteiger partial charge in [0, 0.05) is 42.9 Å². The summed E-state index contributed by atoms with van der Waals surface area (Å²) >= 11 is 0. The Morgan fingerprint density at radius 2 is 1.81 bits per heavy atom. The number of hydrogen-bond donors (Lipinski definition) is 1. The molecule has 1 N–H and O–H groups in total. The van der Waals surface area contributed by atoms with Gasteiger partial charge in [-0.2, -0.15) is 5.10 Å². The molecule has 0 amide bonds. The van der Waals surface area contributed by atoms with Crippen LogP contribution in [0.3, 0.4) is 0 Å². The summed E-state index contributed by atoms with van der Waals surface area (Å²) in [5, 5.41) is 10.9. The van der Waals surface area contributed by atoms with Crippen molar-refractivity contribution in [2.45, 2.75) is 56.9 Å². The molecule has 0 radical (unpaired) electrons. The molecule has 1 spiro atoms. The van der Waals surface area contributed by atoms with Crippen molar-refractivity contribution in [1.82, 2.24) is 19.9 Å². The van der Waals surface area contributed by atoms with E-state index >= 15 is 0 Å². The maximum Gasteiger partial charge on any atom is 0.309 e. The van der Waals surface area contributed by atoms with Crippen molar-refractivity contribution in [3.63, 3.8) is 0 Å². The van der Waals surface area contributed by atoms with Crippen LogP contribution in [0.15, 0.2) is 91.4 Å². The first-order valence-electron chi connectivity index (χ1n) is 15.0. The average molecular weight is 561 g/mol. The Balaban J connectivity index is 0.00000300. The van der Waals surface area contributed by atoms with Gasteiger partial charge in [0.1, 0.15) is 6.10 Å². The van der Waals surface area contributed by atoms with Crippen molar-refractivity contribution >= 4 is 22.3 Å². The van der Waals surface area contributed by atoms with E-state index in [2.05, 4.69) is 40.7 Å². The molecule has 5 aromatic rings. The van der Waals surface area contributed by atoms with Crippen LogP contribution >= 0.6 is 0 Å². The van der Waals surface area contributed by atoms with Crippen LogP contribution in [-0.4, -0.2) is 33.2 Å². The minimum Gasteiger partial charge on any atom is -0.458 e. The van der Waals surface area contributed by atoms with Gasteiger partial charge in [-0.3, -0.25) is 15.1 Å². The molecule has 0 bridgehead atoms. The summed E-state index contributed by atoms with van der Waals surface area (Å²) in [5.74, 6) is -0.0516. The molecule has 42 heavy (non-hydrogen) atoms. The number of nitrogens with one attached hydrogen (secondary N) is 1. The van der Waals surface area contributed by atoms with Crippen LogP contribution in [-0.2, 0) is 26.4 Å². The summed E-state index contributed by atoms with van der Waals surface area (Å²) in [4.78, 5) is 17.5. The lowest BCUT2D eigenvalue weighted by molar-refractivity contribution is -0.168. The predicted molar refractivity (Wildman–Crippen MR) is 162 cm³/mol. The molecule has 2 saturated carbocycles. The van der Waals surface area contributed by atoms with Gasteiger partial charge < -0.3 is 9.47 Å². The van der Waals surface area contributed by atoms with Crippen molar-refractivity contribution in [2.75, 3.05) is 6.61 Å². The zero-order chi connectivity index (χ0) is 28.3. The van der Waals surface area contributed by atoms with Crippen LogP contribution in [0.25, 0.3) is 16.3 Å². The highest BCUT2D eigenvalue weighted by atomic mass is 16.6. The van der Waals surface area contributed by atoms with Crippen LogP contribution in [0.2, 0.25) is 0 Å². The third kappa shape index (κ3) is 4.48. The molecule has 3 aliphatic rings. The van der Waals surface area contributed by atoms with Gasteiger partial charge >= 0.3 is 5.97 Å². The van der Waals surface area contributed by atoms with Crippen molar-refractivity contribution in [3.05, 3.63) is 114 Å². The van der Waals surface area contributed by atoms with Gasteiger partial charge in [-0.25, -0.2) is 4.52 Å². The number of fused-ring (bicyclic) bond motifs is 2. The maximum atomic E-state index is 12.8. The Hall–Kier alpha value is -4.07. The smallest absolute Gasteiger partial charge is 0.309 e. The summed E-state index contributed by atoms with van der Waals surface area (Å²) in [6.07, 6.45) is 10.4. The fourth-order valence-corrected chi connectivity index (χ4v) is 7.33. The average Bonchev–Trinajstić information content (AvgIpc) is 3.61. The highest BCUT2D eigenvalue weighted by Gasteiger charge is 2.59. The maximum absolute atomic E-state index is 12.8. The molecule has 4 heterocycles. The minimum absolute atomic E-state index is 0. The Bertz CT molecular complexity index is 1790. The van der Waals surface area contributed by atoms with Crippen LogP contribution in [0.5, 0.6) is 0 Å². The Labute approximate surface area is 246 Å². The number of esters is 1. The molecule has 3 aromatic heterocycles. The van der Waals surface area contributed by atoms with Gasteiger partial charge in [-0.15, -0.1) is 0 Å². The number of aromatic nitrogens is 3. The highest BCUT2D eigenvalue weighted by Crippen LogP contribution is 2.60. The van der Waals surface area contributed by atoms with Gasteiger partial charge in [0.15, 0.2) is 5.72 Å². The largest absolute Gasteiger partial charge is 0.458 e. The number of nitrogens with zero attached hydrogens (tertiary/aromatic N) is 3. The second-order valence-electron chi connectivity index (χ2n) is 12.5. The first-order chi connectivity index (χ1) is 20.5. The lowest BCUT2D eigenvalue weighted by atomic mass is 9.50. The van der Waals surface area contributed by atoms with Gasteiger partial charge in [0.05, 0.1) is 24.2 Å². The Kier molecular flexibility index (Phi) is 5.95. The van der Waals surface area contributed by atoms with E-state index in [1.807, 2.05) is 72.5 Å². The Morgan fingerprint density at radius 1 is 1.05 bits per heavy atom. The van der Waals surface area contributed by atoms with E-state index in [1.54, 1.807) is 0 Å². The fraction of sp³-hybridized carbons (Fsp3) is 0.343. The number of epoxide rings is 1. The first-order valence-corrected chi connectivity index (χ1v) is 15.0. The van der Waals surface area contributed by atoms with Gasteiger partial charge in [-0.1, -0.05) is 60.7 Å². The molecule has 214 valence electrons. The number of carbonyl (C=O) groups is 1. The van der Waals surface area contributed by atoms with Gasteiger partial charge in [-0.05, 0) is 66.7 Å². The molecule has 7 heteroatoms. The van der Waals surface area contributed by atoms with E-state index < -0.39 is 5.72 Å². The number of benzene rings is 2. The standard InChI is InChI=1S/C35H34N4O3.H2/c1-23(24-8-3-2-4-9-24)42-33(40)28-16-34(17-28)18-30(19-34)38-35(22-41-35)31-21-37-39-13-7-12-26(32(31)39)15-29-14-25-10-5-6-11-27(25)20-36-29;/h2-14,20-21,23,28,30,38H,15-19,22H2,1H3;1H/t23-,28?,30?,34?,35?;/m0./s1. The number of ether oxygens (including phenoxy) is 2. The molecule has 2 aromatic carbocycles. The van der Waals surface area contributed by atoms with Crippen molar-refractivity contribution in [1.29, 1.82) is 0 Å².